The Balaban J connectivity index is -0.000000913. The van der Waals surface area contributed by atoms with Gasteiger partial charge in [-0.15, -0.1) is 62.0 Å². The van der Waals surface area contributed by atoms with Gasteiger partial charge in [-0.3, -0.25) is 0 Å². The van der Waals surface area contributed by atoms with Crippen LogP contribution in [0.3, 0.4) is 0 Å². The molecule has 0 saturated carbocycles. The Kier molecular flexibility index (Phi) is 48.3. The second-order valence-corrected chi connectivity index (χ2v) is 12.3. The highest BCUT2D eigenvalue weighted by molar-refractivity contribution is 5.86. The lowest BCUT2D eigenvalue weighted by molar-refractivity contribution is 0.170. The summed E-state index contributed by atoms with van der Waals surface area (Å²) in [6.45, 7) is 12.9. The summed E-state index contributed by atoms with van der Waals surface area (Å²) in [6.07, 6.45) is 24.8. The molecule has 1 rings (SSSR count). The maximum Gasteiger partial charge on any atom is 0.0104 e. The van der Waals surface area contributed by atoms with Crippen molar-refractivity contribution in [3.63, 3.8) is 0 Å². The van der Waals surface area contributed by atoms with E-state index in [2.05, 4.69) is 47.7 Å². The predicted octanol–water partition coefficient (Wildman–Crippen LogP) is 8.58. The average Bonchev–Trinajstić information content (AvgIpc) is 2.89. The third-order valence-electron chi connectivity index (χ3n) is 8.62. The number of unbranched alkanes of at least 4 members (excludes halogenated alkanes) is 10. The van der Waals surface area contributed by atoms with Crippen LogP contribution in [0.5, 0.6) is 0 Å². The minimum atomic E-state index is 0. The number of hydrogen-bond donors (Lipinski definition) is 1. The van der Waals surface area contributed by atoms with Crippen molar-refractivity contribution < 1.29 is 0 Å². The first-order chi connectivity index (χ1) is 18.1. The molecule has 42 heavy (non-hydrogen) atoms. The smallest absolute Gasteiger partial charge is 0.0104 e. The molecule has 0 bridgehead atoms. The summed E-state index contributed by atoms with van der Waals surface area (Å²) in [6, 6.07) is 0.725. The Hall–Kier alpha value is 1.25. The van der Waals surface area contributed by atoms with Crippen molar-refractivity contribution in [3.05, 3.63) is 0 Å². The van der Waals surface area contributed by atoms with Crippen molar-refractivity contribution in [3.8, 4) is 0 Å². The second kappa shape index (κ2) is 38.4. The molecule has 0 spiro atoms. The molecule has 10 heteroatoms. The molecule has 2 N–H and O–H groups in total. The minimum absolute atomic E-state index is 0. The number of hydrogen-bond acceptors (Lipinski definition) is 5. The molecule has 1 heterocycles. The SMILES string of the molecule is CCCCCCCCCCCCCC1CCN(CCCN)CCCN(C)CCCCN(C)CCCN1C.Cl.Cl.Cl.Cl.Cl. The van der Waals surface area contributed by atoms with E-state index in [1.54, 1.807) is 0 Å². The van der Waals surface area contributed by atoms with Crippen LogP contribution in [0, 0.1) is 0 Å². The molecular weight excluding hydrogens is 632 g/mol. The average molecular weight is 706 g/mol. The van der Waals surface area contributed by atoms with Crippen LogP contribution in [0.4, 0.5) is 0 Å². The summed E-state index contributed by atoms with van der Waals surface area (Å²) < 4.78 is 0. The van der Waals surface area contributed by atoms with Crippen molar-refractivity contribution >= 4 is 62.0 Å². The summed E-state index contributed by atoms with van der Waals surface area (Å²) in [5, 5.41) is 0. The second-order valence-electron chi connectivity index (χ2n) is 12.3. The highest BCUT2D eigenvalue weighted by Crippen LogP contribution is 2.17. The van der Waals surface area contributed by atoms with Crippen LogP contribution in [0.2, 0.25) is 0 Å². The number of nitrogens with zero attached hydrogens (tertiary/aromatic N) is 4. The summed E-state index contributed by atoms with van der Waals surface area (Å²) >= 11 is 0. The van der Waals surface area contributed by atoms with Crippen molar-refractivity contribution in [2.75, 3.05) is 80.0 Å². The van der Waals surface area contributed by atoms with Crippen LogP contribution in [-0.4, -0.2) is 106 Å². The summed E-state index contributed by atoms with van der Waals surface area (Å²) in [7, 11) is 7.02. The summed E-state index contributed by atoms with van der Waals surface area (Å²) in [5.41, 5.74) is 5.89. The third kappa shape index (κ3) is 31.2. The normalized spacial score (nSPS) is 19.2. The number of nitrogens with two attached hydrogens (primary N) is 1. The fourth-order valence-corrected chi connectivity index (χ4v) is 5.94. The van der Waals surface area contributed by atoms with Crippen LogP contribution in [0.25, 0.3) is 0 Å². The molecule has 0 amide bonds. The topological polar surface area (TPSA) is 39.0 Å². The van der Waals surface area contributed by atoms with Crippen LogP contribution in [-0.2, 0) is 0 Å². The van der Waals surface area contributed by atoms with E-state index in [0.29, 0.717) is 0 Å². The zero-order chi connectivity index (χ0) is 27.0. The summed E-state index contributed by atoms with van der Waals surface area (Å²) in [5.74, 6) is 0. The Bertz CT molecular complexity index is 496. The first-order valence-electron chi connectivity index (χ1n) is 16.6. The Morgan fingerprint density at radius 1 is 0.524 bits per heavy atom. The van der Waals surface area contributed by atoms with Gasteiger partial charge >= 0.3 is 0 Å². The first-order valence-corrected chi connectivity index (χ1v) is 16.6. The zero-order valence-corrected chi connectivity index (χ0v) is 32.2. The molecule has 1 atom stereocenters. The third-order valence-corrected chi connectivity index (χ3v) is 8.62. The quantitative estimate of drug-likeness (QED) is 0.173. The standard InChI is InChI=1S/C32H69N5.5ClH/c1-5-6-7-8-9-10-11-12-13-14-15-21-32-22-31-37(29-18-23-33)30-20-27-35(3)25-17-16-24-34(2)26-19-28-36(32)4;;;;;/h32H,5-31,33H2,1-4H3;5*1H. The van der Waals surface area contributed by atoms with Crippen molar-refractivity contribution in [1.82, 2.24) is 19.6 Å². The van der Waals surface area contributed by atoms with E-state index < -0.39 is 0 Å². The molecule has 5 nitrogen and oxygen atoms in total. The predicted molar refractivity (Wildman–Crippen MR) is 202 cm³/mol. The van der Waals surface area contributed by atoms with Gasteiger partial charge in [0.1, 0.15) is 0 Å². The first kappa shape index (κ1) is 52.8. The number of halogens is 5. The van der Waals surface area contributed by atoms with E-state index in [9.17, 15) is 0 Å². The number of rotatable bonds is 15. The molecule has 1 aliphatic rings. The van der Waals surface area contributed by atoms with Gasteiger partial charge in [0.15, 0.2) is 0 Å². The fourth-order valence-electron chi connectivity index (χ4n) is 5.94. The van der Waals surface area contributed by atoms with Crippen molar-refractivity contribution in [2.24, 2.45) is 5.73 Å². The lowest BCUT2D eigenvalue weighted by Gasteiger charge is -2.31. The van der Waals surface area contributed by atoms with Gasteiger partial charge in [-0.25, -0.2) is 0 Å². The maximum absolute atomic E-state index is 5.89. The van der Waals surface area contributed by atoms with Gasteiger partial charge in [0.2, 0.25) is 0 Å². The Morgan fingerprint density at radius 3 is 1.48 bits per heavy atom. The Morgan fingerprint density at radius 2 is 0.976 bits per heavy atom. The largest absolute Gasteiger partial charge is 0.330 e. The maximum atomic E-state index is 5.89. The van der Waals surface area contributed by atoms with Gasteiger partial charge in [-0.2, -0.15) is 0 Å². The van der Waals surface area contributed by atoms with Crippen LogP contribution in [0.1, 0.15) is 122 Å². The van der Waals surface area contributed by atoms with E-state index in [1.165, 1.54) is 162 Å². The monoisotopic (exact) mass is 703 g/mol. The lowest BCUT2D eigenvalue weighted by Crippen LogP contribution is -2.38. The van der Waals surface area contributed by atoms with Crippen LogP contribution in [0.15, 0.2) is 0 Å². The Labute approximate surface area is 294 Å². The van der Waals surface area contributed by atoms with Gasteiger partial charge in [0, 0.05) is 6.04 Å². The molecule has 262 valence electrons. The van der Waals surface area contributed by atoms with E-state index in [4.69, 9.17) is 5.73 Å². The van der Waals surface area contributed by atoms with E-state index >= 15 is 0 Å². The lowest BCUT2D eigenvalue weighted by atomic mass is 10.0. The summed E-state index contributed by atoms with van der Waals surface area (Å²) in [4.78, 5) is 10.5. The van der Waals surface area contributed by atoms with E-state index in [0.717, 1.165) is 19.0 Å². The van der Waals surface area contributed by atoms with Crippen molar-refractivity contribution in [1.29, 1.82) is 0 Å². The van der Waals surface area contributed by atoms with Crippen LogP contribution < -0.4 is 5.73 Å². The molecule has 0 aromatic carbocycles. The molecule has 1 fully saturated rings. The molecular formula is C32H74Cl5N5. The zero-order valence-electron chi connectivity index (χ0n) is 28.1. The van der Waals surface area contributed by atoms with E-state index in [-0.39, 0.29) is 62.0 Å². The minimum Gasteiger partial charge on any atom is -0.330 e. The molecule has 0 aromatic rings. The molecule has 0 radical (unpaired) electrons. The molecule has 1 aliphatic heterocycles. The van der Waals surface area contributed by atoms with Crippen LogP contribution >= 0.6 is 62.0 Å². The highest BCUT2D eigenvalue weighted by Gasteiger charge is 2.17. The van der Waals surface area contributed by atoms with Gasteiger partial charge in [0.05, 0.1) is 0 Å². The highest BCUT2D eigenvalue weighted by atomic mass is 35.5. The van der Waals surface area contributed by atoms with Gasteiger partial charge in [0.25, 0.3) is 0 Å². The molecule has 1 saturated heterocycles. The van der Waals surface area contributed by atoms with Gasteiger partial charge in [-0.05, 0) is 125 Å². The van der Waals surface area contributed by atoms with Gasteiger partial charge < -0.3 is 25.3 Å². The molecule has 0 aromatic heterocycles. The fraction of sp³-hybridized carbons (Fsp3) is 1.00. The molecule has 1 unspecified atom stereocenters. The van der Waals surface area contributed by atoms with Gasteiger partial charge in [-0.1, -0.05) is 77.6 Å². The van der Waals surface area contributed by atoms with E-state index in [1.807, 2.05) is 0 Å². The van der Waals surface area contributed by atoms with Crippen molar-refractivity contribution in [2.45, 2.75) is 129 Å². The molecule has 0 aliphatic carbocycles.